The molecule has 1 aromatic carbocycles. The summed E-state index contributed by atoms with van der Waals surface area (Å²) in [5, 5.41) is 3.29. The van der Waals surface area contributed by atoms with Crippen molar-refractivity contribution in [2.45, 2.75) is 38.5 Å². The first-order valence-electron chi connectivity index (χ1n) is 7.18. The topological polar surface area (TPSA) is 58.2 Å². The normalized spacial score (nSPS) is 17.4. The molecule has 5 heteroatoms. The van der Waals surface area contributed by atoms with Crippen molar-refractivity contribution in [2.75, 3.05) is 19.6 Å². The van der Waals surface area contributed by atoms with Gasteiger partial charge in [-0.2, -0.15) is 0 Å². The largest absolute Gasteiger partial charge is 0.317 e. The van der Waals surface area contributed by atoms with Gasteiger partial charge in [-0.25, -0.2) is 13.1 Å². The Morgan fingerprint density at radius 2 is 1.70 bits per heavy atom. The average molecular weight is 296 g/mol. The van der Waals surface area contributed by atoms with Crippen molar-refractivity contribution in [3.05, 3.63) is 28.8 Å². The third-order valence-electron chi connectivity index (χ3n) is 4.10. The molecule has 0 unspecified atom stereocenters. The van der Waals surface area contributed by atoms with Crippen molar-refractivity contribution in [1.29, 1.82) is 0 Å². The molecule has 0 spiro atoms. The average Bonchev–Trinajstić information content (AvgIpc) is 2.42. The number of nitrogens with one attached hydrogen (secondary N) is 2. The number of benzene rings is 1. The summed E-state index contributed by atoms with van der Waals surface area (Å²) in [4.78, 5) is 0.412. The first-order valence-corrected chi connectivity index (χ1v) is 8.66. The zero-order valence-electron chi connectivity index (χ0n) is 12.5. The quantitative estimate of drug-likeness (QED) is 0.892. The number of rotatable bonds is 4. The van der Waals surface area contributed by atoms with Gasteiger partial charge in [0.2, 0.25) is 10.0 Å². The maximum Gasteiger partial charge on any atom is 0.240 e. The molecule has 112 valence electrons. The van der Waals surface area contributed by atoms with Crippen LogP contribution in [0.1, 0.15) is 29.5 Å². The summed E-state index contributed by atoms with van der Waals surface area (Å²) < 4.78 is 27.6. The lowest BCUT2D eigenvalue weighted by molar-refractivity contribution is 0.372. The lowest BCUT2D eigenvalue weighted by atomic mass is 9.99. The van der Waals surface area contributed by atoms with Crippen LogP contribution in [-0.2, 0) is 10.0 Å². The summed E-state index contributed by atoms with van der Waals surface area (Å²) in [6, 6.07) is 3.71. The minimum absolute atomic E-state index is 0.412. The molecule has 1 heterocycles. The number of hydrogen-bond donors (Lipinski definition) is 2. The second kappa shape index (κ2) is 6.24. The second-order valence-corrected chi connectivity index (χ2v) is 7.48. The molecule has 1 fully saturated rings. The molecule has 0 radical (unpaired) electrons. The van der Waals surface area contributed by atoms with E-state index >= 15 is 0 Å². The van der Waals surface area contributed by atoms with Gasteiger partial charge in [-0.1, -0.05) is 6.07 Å². The van der Waals surface area contributed by atoms with Crippen LogP contribution in [0.15, 0.2) is 17.0 Å². The maximum atomic E-state index is 12.4. The summed E-state index contributed by atoms with van der Waals surface area (Å²) >= 11 is 0. The molecule has 0 saturated carbocycles. The summed E-state index contributed by atoms with van der Waals surface area (Å²) in [6.45, 7) is 8.30. The van der Waals surface area contributed by atoms with E-state index in [0.717, 1.165) is 42.6 Å². The zero-order valence-corrected chi connectivity index (χ0v) is 13.3. The predicted molar refractivity (Wildman–Crippen MR) is 81.4 cm³/mol. The highest BCUT2D eigenvalue weighted by Gasteiger charge is 2.20. The van der Waals surface area contributed by atoms with E-state index in [2.05, 4.69) is 10.0 Å². The molecule has 2 N–H and O–H groups in total. The van der Waals surface area contributed by atoms with Gasteiger partial charge in [0.25, 0.3) is 0 Å². The maximum absolute atomic E-state index is 12.4. The molecule has 2 rings (SSSR count). The van der Waals surface area contributed by atoms with Gasteiger partial charge in [0.05, 0.1) is 4.90 Å². The first kappa shape index (κ1) is 15.5. The SMILES string of the molecule is Cc1cc(C)c(S(=O)(=O)NCC2CCNCC2)cc1C. The highest BCUT2D eigenvalue weighted by Crippen LogP contribution is 2.20. The van der Waals surface area contributed by atoms with Gasteiger partial charge >= 0.3 is 0 Å². The molecular weight excluding hydrogens is 272 g/mol. The van der Waals surface area contributed by atoms with Crippen molar-refractivity contribution in [1.82, 2.24) is 10.0 Å². The Kier molecular flexibility index (Phi) is 4.83. The molecule has 0 bridgehead atoms. The van der Waals surface area contributed by atoms with Crippen LogP contribution >= 0.6 is 0 Å². The Balaban J connectivity index is 2.11. The van der Waals surface area contributed by atoms with E-state index in [1.165, 1.54) is 0 Å². The van der Waals surface area contributed by atoms with E-state index in [9.17, 15) is 8.42 Å². The molecule has 0 amide bonds. The Morgan fingerprint density at radius 3 is 2.35 bits per heavy atom. The van der Waals surface area contributed by atoms with Crippen LogP contribution in [0.3, 0.4) is 0 Å². The molecule has 1 aromatic rings. The summed E-state index contributed by atoms with van der Waals surface area (Å²) in [7, 11) is -3.40. The summed E-state index contributed by atoms with van der Waals surface area (Å²) in [5.41, 5.74) is 2.95. The van der Waals surface area contributed by atoms with Crippen LogP contribution in [0.5, 0.6) is 0 Å². The van der Waals surface area contributed by atoms with Crippen molar-refractivity contribution < 1.29 is 8.42 Å². The number of aryl methyl sites for hydroxylation is 3. The molecule has 0 aliphatic carbocycles. The summed E-state index contributed by atoms with van der Waals surface area (Å²) in [6.07, 6.45) is 2.07. The van der Waals surface area contributed by atoms with Crippen molar-refractivity contribution in [3.63, 3.8) is 0 Å². The van der Waals surface area contributed by atoms with Gasteiger partial charge in [0, 0.05) is 6.54 Å². The van der Waals surface area contributed by atoms with Crippen LogP contribution in [0.2, 0.25) is 0 Å². The van der Waals surface area contributed by atoms with Crippen molar-refractivity contribution in [2.24, 2.45) is 5.92 Å². The van der Waals surface area contributed by atoms with Crippen LogP contribution in [0, 0.1) is 26.7 Å². The van der Waals surface area contributed by atoms with Crippen LogP contribution in [0.4, 0.5) is 0 Å². The van der Waals surface area contributed by atoms with Crippen molar-refractivity contribution >= 4 is 10.0 Å². The Hall–Kier alpha value is -0.910. The van der Waals surface area contributed by atoms with Crippen LogP contribution in [0.25, 0.3) is 0 Å². The third kappa shape index (κ3) is 3.59. The molecule has 1 aliphatic rings. The number of hydrogen-bond acceptors (Lipinski definition) is 3. The Bertz CT molecular complexity index is 576. The molecule has 0 atom stereocenters. The summed E-state index contributed by atoms with van der Waals surface area (Å²) in [5.74, 6) is 0.442. The van der Waals surface area contributed by atoms with E-state index in [1.807, 2.05) is 26.8 Å². The van der Waals surface area contributed by atoms with Gasteiger partial charge in [0.1, 0.15) is 0 Å². The molecule has 0 aromatic heterocycles. The minimum atomic E-state index is -3.40. The molecular formula is C15H24N2O2S. The van der Waals surface area contributed by atoms with E-state index in [0.29, 0.717) is 17.4 Å². The lowest BCUT2D eigenvalue weighted by Gasteiger charge is -2.23. The number of piperidine rings is 1. The fourth-order valence-corrected chi connectivity index (χ4v) is 4.04. The van der Waals surface area contributed by atoms with Crippen LogP contribution < -0.4 is 10.0 Å². The fraction of sp³-hybridized carbons (Fsp3) is 0.600. The third-order valence-corrected chi connectivity index (χ3v) is 5.67. The molecule has 1 aliphatic heterocycles. The van der Waals surface area contributed by atoms with E-state index in [1.54, 1.807) is 6.07 Å². The van der Waals surface area contributed by atoms with Gasteiger partial charge in [0.15, 0.2) is 0 Å². The molecule has 1 saturated heterocycles. The van der Waals surface area contributed by atoms with Gasteiger partial charge in [-0.05, 0) is 75.4 Å². The standard InChI is InChI=1S/C15H24N2O2S/c1-11-8-13(3)15(9-12(11)2)20(18,19)17-10-14-4-6-16-7-5-14/h8-9,14,16-17H,4-7,10H2,1-3H3. The van der Waals surface area contributed by atoms with Crippen LogP contribution in [-0.4, -0.2) is 28.1 Å². The monoisotopic (exact) mass is 296 g/mol. The van der Waals surface area contributed by atoms with Crippen molar-refractivity contribution in [3.8, 4) is 0 Å². The van der Waals surface area contributed by atoms with Gasteiger partial charge < -0.3 is 5.32 Å². The van der Waals surface area contributed by atoms with E-state index in [-0.39, 0.29) is 0 Å². The Labute approximate surface area is 122 Å². The first-order chi connectivity index (χ1) is 9.40. The fourth-order valence-electron chi connectivity index (χ4n) is 2.61. The highest BCUT2D eigenvalue weighted by molar-refractivity contribution is 7.89. The number of sulfonamides is 1. The predicted octanol–water partition coefficient (Wildman–Crippen LogP) is 1.89. The van der Waals surface area contributed by atoms with Gasteiger partial charge in [-0.15, -0.1) is 0 Å². The van der Waals surface area contributed by atoms with Gasteiger partial charge in [-0.3, -0.25) is 0 Å². The zero-order chi connectivity index (χ0) is 14.8. The van der Waals surface area contributed by atoms with E-state index in [4.69, 9.17) is 0 Å². The highest BCUT2D eigenvalue weighted by atomic mass is 32.2. The molecule has 4 nitrogen and oxygen atoms in total. The van der Waals surface area contributed by atoms with E-state index < -0.39 is 10.0 Å². The smallest absolute Gasteiger partial charge is 0.240 e. The molecule has 20 heavy (non-hydrogen) atoms. The minimum Gasteiger partial charge on any atom is -0.317 e. The Morgan fingerprint density at radius 1 is 1.10 bits per heavy atom. The lowest BCUT2D eigenvalue weighted by Crippen LogP contribution is -2.36. The second-order valence-electron chi connectivity index (χ2n) is 5.75.